The van der Waals surface area contributed by atoms with Gasteiger partial charge in [-0.3, -0.25) is 14.5 Å². The van der Waals surface area contributed by atoms with Gasteiger partial charge in [-0.2, -0.15) is 0 Å². The molecule has 1 aliphatic rings. The molecule has 0 aliphatic carbocycles. The van der Waals surface area contributed by atoms with Gasteiger partial charge in [0.1, 0.15) is 0 Å². The summed E-state index contributed by atoms with van der Waals surface area (Å²) in [6, 6.07) is 8.60. The van der Waals surface area contributed by atoms with E-state index >= 15 is 0 Å². The van der Waals surface area contributed by atoms with E-state index in [0.29, 0.717) is 12.8 Å². The van der Waals surface area contributed by atoms with Crippen LogP contribution in [-0.4, -0.2) is 28.4 Å². The molecule has 102 valence electrons. The topological polar surface area (TPSA) is 57.6 Å². The average Bonchev–Trinajstić information content (AvgIpc) is 2.33. The lowest BCUT2D eigenvalue weighted by molar-refractivity contribution is -0.156. The second-order valence-electron chi connectivity index (χ2n) is 5.78. The van der Waals surface area contributed by atoms with Crippen LogP contribution in [0.3, 0.4) is 0 Å². The Hall–Kier alpha value is -1.68. The van der Waals surface area contributed by atoms with Crippen molar-refractivity contribution in [1.82, 2.24) is 4.90 Å². The largest absolute Gasteiger partial charge is 0.394 e. The van der Waals surface area contributed by atoms with Gasteiger partial charge in [0.05, 0.1) is 12.6 Å². The maximum atomic E-state index is 12.2. The standard InChI is InChI=1S/C15H19NO3/c1-15(2)8-13(18)16(14(19)9-15)12(10-17)11-6-4-3-5-7-11/h3-7,12,17H,8-10H2,1-2H3/t12-/m0/s1. The molecule has 1 fully saturated rings. The van der Waals surface area contributed by atoms with Gasteiger partial charge in [0.15, 0.2) is 0 Å². The quantitative estimate of drug-likeness (QED) is 0.845. The van der Waals surface area contributed by atoms with Crippen molar-refractivity contribution in [3.8, 4) is 0 Å². The zero-order valence-electron chi connectivity index (χ0n) is 11.3. The maximum Gasteiger partial charge on any atom is 0.230 e. The summed E-state index contributed by atoms with van der Waals surface area (Å²) < 4.78 is 0. The fourth-order valence-electron chi connectivity index (χ4n) is 2.55. The van der Waals surface area contributed by atoms with Crippen LogP contribution >= 0.6 is 0 Å². The van der Waals surface area contributed by atoms with E-state index in [1.54, 1.807) is 0 Å². The van der Waals surface area contributed by atoms with Crippen LogP contribution in [0, 0.1) is 5.41 Å². The van der Waals surface area contributed by atoms with Crippen molar-refractivity contribution in [2.45, 2.75) is 32.7 Å². The van der Waals surface area contributed by atoms with E-state index in [9.17, 15) is 14.7 Å². The summed E-state index contributed by atoms with van der Waals surface area (Å²) in [5.41, 5.74) is 0.493. The van der Waals surface area contributed by atoms with E-state index in [0.717, 1.165) is 5.56 Å². The molecule has 1 aromatic rings. The molecule has 1 N–H and O–H groups in total. The van der Waals surface area contributed by atoms with Gasteiger partial charge in [-0.25, -0.2) is 0 Å². The zero-order chi connectivity index (χ0) is 14.0. The molecule has 0 aromatic heterocycles. The third kappa shape index (κ3) is 2.84. The van der Waals surface area contributed by atoms with Gasteiger partial charge in [0, 0.05) is 12.8 Å². The van der Waals surface area contributed by atoms with Gasteiger partial charge < -0.3 is 5.11 Å². The number of hydrogen-bond acceptors (Lipinski definition) is 3. The summed E-state index contributed by atoms with van der Waals surface area (Å²) in [7, 11) is 0. The number of rotatable bonds is 3. The summed E-state index contributed by atoms with van der Waals surface area (Å²) in [5.74, 6) is -0.409. The molecule has 4 heteroatoms. The Bertz CT molecular complexity index is 461. The number of imide groups is 1. The number of nitrogens with zero attached hydrogens (tertiary/aromatic N) is 1. The molecule has 2 amide bonds. The van der Waals surface area contributed by atoms with E-state index in [4.69, 9.17) is 0 Å². The number of aliphatic hydroxyl groups is 1. The van der Waals surface area contributed by atoms with Gasteiger partial charge in [0.2, 0.25) is 11.8 Å². The SMILES string of the molecule is CC1(C)CC(=O)N([C@@H](CO)c2ccccc2)C(=O)C1. The molecule has 1 saturated heterocycles. The minimum absolute atomic E-state index is 0.204. The lowest BCUT2D eigenvalue weighted by Crippen LogP contribution is -2.48. The molecular formula is C15H19NO3. The highest BCUT2D eigenvalue weighted by molar-refractivity contribution is 5.99. The van der Waals surface area contributed by atoms with Crippen LogP contribution in [0.25, 0.3) is 0 Å². The first-order chi connectivity index (χ1) is 8.94. The Morgan fingerprint density at radius 2 is 1.68 bits per heavy atom. The molecular weight excluding hydrogens is 242 g/mol. The van der Waals surface area contributed by atoms with Crippen LogP contribution in [0.4, 0.5) is 0 Å². The number of piperidine rings is 1. The van der Waals surface area contributed by atoms with Crippen LogP contribution in [0.15, 0.2) is 30.3 Å². The minimum atomic E-state index is -0.572. The molecule has 0 unspecified atom stereocenters. The van der Waals surface area contributed by atoms with E-state index in [1.807, 2.05) is 44.2 Å². The van der Waals surface area contributed by atoms with E-state index in [1.165, 1.54) is 4.90 Å². The predicted octanol–water partition coefficient (Wildman–Crippen LogP) is 1.90. The maximum absolute atomic E-state index is 12.2. The van der Waals surface area contributed by atoms with E-state index < -0.39 is 6.04 Å². The van der Waals surface area contributed by atoms with Crippen LogP contribution in [0.5, 0.6) is 0 Å². The van der Waals surface area contributed by atoms with Crippen molar-refractivity contribution in [3.63, 3.8) is 0 Å². The first-order valence-corrected chi connectivity index (χ1v) is 6.45. The Labute approximate surface area is 113 Å². The number of amides is 2. The van der Waals surface area contributed by atoms with Gasteiger partial charge in [-0.05, 0) is 11.0 Å². The second-order valence-corrected chi connectivity index (χ2v) is 5.78. The Morgan fingerprint density at radius 1 is 1.16 bits per heavy atom. The molecule has 1 aliphatic heterocycles. The van der Waals surface area contributed by atoms with Crippen molar-refractivity contribution in [2.24, 2.45) is 5.41 Å². The minimum Gasteiger partial charge on any atom is -0.394 e. The van der Waals surface area contributed by atoms with E-state index in [-0.39, 0.29) is 23.8 Å². The summed E-state index contributed by atoms with van der Waals surface area (Å²) in [4.78, 5) is 25.6. The third-order valence-corrected chi connectivity index (χ3v) is 3.47. The molecule has 0 saturated carbocycles. The van der Waals surface area contributed by atoms with E-state index in [2.05, 4.69) is 0 Å². The summed E-state index contributed by atoms with van der Waals surface area (Å²) in [6.45, 7) is 3.58. The summed E-state index contributed by atoms with van der Waals surface area (Å²) in [5, 5.41) is 9.55. The van der Waals surface area contributed by atoms with Crippen LogP contribution in [0.2, 0.25) is 0 Å². The van der Waals surface area contributed by atoms with Crippen molar-refractivity contribution >= 4 is 11.8 Å². The highest BCUT2D eigenvalue weighted by Gasteiger charge is 2.40. The number of hydrogen-bond donors (Lipinski definition) is 1. The van der Waals surface area contributed by atoms with Crippen LogP contribution in [-0.2, 0) is 9.59 Å². The first kappa shape index (κ1) is 13.7. The molecule has 1 aromatic carbocycles. The molecule has 1 heterocycles. The van der Waals surface area contributed by atoms with Gasteiger partial charge in [-0.1, -0.05) is 44.2 Å². The van der Waals surface area contributed by atoms with Crippen molar-refractivity contribution < 1.29 is 14.7 Å². The highest BCUT2D eigenvalue weighted by atomic mass is 16.3. The number of benzene rings is 1. The predicted molar refractivity (Wildman–Crippen MR) is 71.1 cm³/mol. The van der Waals surface area contributed by atoms with Gasteiger partial charge in [0.25, 0.3) is 0 Å². The third-order valence-electron chi connectivity index (χ3n) is 3.47. The summed E-state index contributed by atoms with van der Waals surface area (Å²) >= 11 is 0. The van der Waals surface area contributed by atoms with Crippen LogP contribution < -0.4 is 0 Å². The molecule has 0 bridgehead atoms. The molecule has 0 radical (unpaired) electrons. The molecule has 4 nitrogen and oxygen atoms in total. The van der Waals surface area contributed by atoms with Crippen molar-refractivity contribution in [3.05, 3.63) is 35.9 Å². The zero-order valence-corrected chi connectivity index (χ0v) is 11.3. The number of aliphatic hydroxyl groups excluding tert-OH is 1. The average molecular weight is 261 g/mol. The van der Waals surface area contributed by atoms with Gasteiger partial charge in [-0.15, -0.1) is 0 Å². The monoisotopic (exact) mass is 261 g/mol. The molecule has 0 spiro atoms. The fraction of sp³-hybridized carbons (Fsp3) is 0.467. The Balaban J connectivity index is 2.29. The lowest BCUT2D eigenvalue weighted by atomic mass is 9.81. The van der Waals surface area contributed by atoms with Gasteiger partial charge >= 0.3 is 0 Å². The second kappa shape index (κ2) is 5.13. The molecule has 1 atom stereocenters. The lowest BCUT2D eigenvalue weighted by Gasteiger charge is -2.38. The van der Waals surface area contributed by atoms with Crippen molar-refractivity contribution in [2.75, 3.05) is 6.61 Å². The number of carbonyl (C=O) groups is 2. The molecule has 2 rings (SSSR count). The Kier molecular flexibility index (Phi) is 3.71. The first-order valence-electron chi connectivity index (χ1n) is 6.45. The normalized spacial score (nSPS) is 20.5. The smallest absolute Gasteiger partial charge is 0.230 e. The van der Waals surface area contributed by atoms with Crippen LogP contribution in [0.1, 0.15) is 38.3 Å². The molecule has 19 heavy (non-hydrogen) atoms. The Morgan fingerprint density at radius 3 is 2.16 bits per heavy atom. The van der Waals surface area contributed by atoms with Crippen molar-refractivity contribution in [1.29, 1.82) is 0 Å². The number of likely N-dealkylation sites (tertiary alicyclic amines) is 1. The fourth-order valence-corrected chi connectivity index (χ4v) is 2.55. The summed E-state index contributed by atoms with van der Waals surface area (Å²) in [6.07, 6.45) is 0.671. The number of carbonyl (C=O) groups excluding carboxylic acids is 2. The highest BCUT2D eigenvalue weighted by Crippen LogP contribution is 2.35.